The summed E-state index contributed by atoms with van der Waals surface area (Å²) in [4.78, 5) is 0. The second kappa shape index (κ2) is 7.24. The number of nitrogens with one attached hydrogen (secondary N) is 1. The van der Waals surface area contributed by atoms with E-state index in [-0.39, 0.29) is 0 Å². The third-order valence-electron chi connectivity index (χ3n) is 3.35. The van der Waals surface area contributed by atoms with Crippen LogP contribution in [0.5, 0.6) is 0 Å². The van der Waals surface area contributed by atoms with Crippen LogP contribution in [-0.2, 0) is 4.74 Å². The normalized spacial score (nSPS) is 28.2. The summed E-state index contributed by atoms with van der Waals surface area (Å²) in [6.07, 6.45) is 7.30. The molecule has 0 radical (unpaired) electrons. The minimum atomic E-state index is 0.496. The molecule has 1 heterocycles. The Bertz CT molecular complexity index is 161. The zero-order valence-electron chi connectivity index (χ0n) is 10.6. The van der Waals surface area contributed by atoms with Gasteiger partial charge in [-0.25, -0.2) is 0 Å². The Hall–Kier alpha value is -0.0800. The predicted molar refractivity (Wildman–Crippen MR) is 65.1 cm³/mol. The van der Waals surface area contributed by atoms with Crippen molar-refractivity contribution in [1.82, 2.24) is 5.32 Å². The molecule has 1 rings (SSSR count). The van der Waals surface area contributed by atoms with Crippen LogP contribution in [0.2, 0.25) is 0 Å². The van der Waals surface area contributed by atoms with Crippen molar-refractivity contribution in [3.63, 3.8) is 0 Å². The monoisotopic (exact) mass is 213 g/mol. The largest absolute Gasteiger partial charge is 0.375 e. The molecule has 1 aliphatic rings. The maximum atomic E-state index is 5.87. The summed E-state index contributed by atoms with van der Waals surface area (Å²) in [7, 11) is 0. The van der Waals surface area contributed by atoms with Crippen molar-refractivity contribution in [2.75, 3.05) is 13.1 Å². The van der Waals surface area contributed by atoms with Gasteiger partial charge in [-0.2, -0.15) is 0 Å². The van der Waals surface area contributed by atoms with E-state index in [2.05, 4.69) is 26.1 Å². The molecule has 1 N–H and O–H groups in total. The second-order valence-electron chi connectivity index (χ2n) is 4.86. The molecule has 1 fully saturated rings. The van der Waals surface area contributed by atoms with E-state index in [0.717, 1.165) is 12.5 Å². The zero-order valence-corrected chi connectivity index (χ0v) is 10.6. The molecular weight excluding hydrogens is 186 g/mol. The van der Waals surface area contributed by atoms with Gasteiger partial charge in [-0.05, 0) is 51.6 Å². The smallest absolute Gasteiger partial charge is 0.0582 e. The van der Waals surface area contributed by atoms with Gasteiger partial charge in [-0.3, -0.25) is 0 Å². The third-order valence-corrected chi connectivity index (χ3v) is 3.35. The van der Waals surface area contributed by atoms with Gasteiger partial charge < -0.3 is 10.1 Å². The Morgan fingerprint density at radius 2 is 2.13 bits per heavy atom. The zero-order chi connectivity index (χ0) is 11.1. The average Bonchev–Trinajstić information content (AvgIpc) is 2.63. The number of ether oxygens (including phenoxy) is 1. The van der Waals surface area contributed by atoms with Crippen LogP contribution in [0.3, 0.4) is 0 Å². The standard InChI is InChI=1S/C13H27NO/c1-4-8-14-10-12(5-2)9-13-7-6-11(3)15-13/h11-14H,4-10H2,1-3H3. The molecule has 0 aliphatic carbocycles. The van der Waals surface area contributed by atoms with Gasteiger partial charge in [0.2, 0.25) is 0 Å². The first-order valence-electron chi connectivity index (χ1n) is 6.62. The van der Waals surface area contributed by atoms with Crippen LogP contribution in [-0.4, -0.2) is 25.3 Å². The summed E-state index contributed by atoms with van der Waals surface area (Å²) in [6.45, 7) is 9.01. The first kappa shape index (κ1) is 13.0. The highest BCUT2D eigenvalue weighted by Gasteiger charge is 2.24. The molecule has 90 valence electrons. The van der Waals surface area contributed by atoms with E-state index in [9.17, 15) is 0 Å². The molecule has 0 aromatic heterocycles. The molecule has 2 nitrogen and oxygen atoms in total. The van der Waals surface area contributed by atoms with Gasteiger partial charge in [0.25, 0.3) is 0 Å². The minimum absolute atomic E-state index is 0.496. The molecule has 15 heavy (non-hydrogen) atoms. The average molecular weight is 213 g/mol. The van der Waals surface area contributed by atoms with E-state index in [1.165, 1.54) is 38.6 Å². The van der Waals surface area contributed by atoms with Crippen molar-refractivity contribution < 1.29 is 4.74 Å². The van der Waals surface area contributed by atoms with E-state index in [1.807, 2.05) is 0 Å². The molecule has 3 atom stereocenters. The van der Waals surface area contributed by atoms with Crippen LogP contribution in [0.25, 0.3) is 0 Å². The molecule has 0 saturated carbocycles. The third kappa shape index (κ3) is 4.98. The Labute approximate surface area is 94.8 Å². The molecule has 1 saturated heterocycles. The highest BCUT2D eigenvalue weighted by molar-refractivity contribution is 4.74. The van der Waals surface area contributed by atoms with Crippen LogP contribution in [0.1, 0.15) is 52.9 Å². The van der Waals surface area contributed by atoms with E-state index < -0.39 is 0 Å². The highest BCUT2D eigenvalue weighted by Crippen LogP contribution is 2.25. The summed E-state index contributed by atoms with van der Waals surface area (Å²) in [5.74, 6) is 0.798. The predicted octanol–water partition coefficient (Wildman–Crippen LogP) is 2.97. The summed E-state index contributed by atoms with van der Waals surface area (Å²) < 4.78 is 5.87. The molecule has 3 unspecified atom stereocenters. The minimum Gasteiger partial charge on any atom is -0.375 e. The summed E-state index contributed by atoms with van der Waals surface area (Å²) in [5.41, 5.74) is 0. The van der Waals surface area contributed by atoms with Crippen molar-refractivity contribution in [1.29, 1.82) is 0 Å². The van der Waals surface area contributed by atoms with E-state index in [1.54, 1.807) is 0 Å². The first-order valence-corrected chi connectivity index (χ1v) is 6.62. The molecule has 0 amide bonds. The van der Waals surface area contributed by atoms with Crippen LogP contribution >= 0.6 is 0 Å². The summed E-state index contributed by atoms with van der Waals surface area (Å²) in [6, 6.07) is 0. The quantitative estimate of drug-likeness (QED) is 0.656. The Morgan fingerprint density at radius 1 is 1.33 bits per heavy atom. The van der Waals surface area contributed by atoms with Crippen molar-refractivity contribution in [3.05, 3.63) is 0 Å². The van der Waals surface area contributed by atoms with Gasteiger partial charge in [-0.1, -0.05) is 20.3 Å². The van der Waals surface area contributed by atoms with E-state index in [4.69, 9.17) is 4.74 Å². The summed E-state index contributed by atoms with van der Waals surface area (Å²) >= 11 is 0. The fourth-order valence-corrected chi connectivity index (χ4v) is 2.31. The lowest BCUT2D eigenvalue weighted by Crippen LogP contribution is -2.26. The van der Waals surface area contributed by atoms with Gasteiger partial charge in [0.15, 0.2) is 0 Å². The lowest BCUT2D eigenvalue weighted by Gasteiger charge is -2.19. The maximum Gasteiger partial charge on any atom is 0.0582 e. The fourth-order valence-electron chi connectivity index (χ4n) is 2.31. The van der Waals surface area contributed by atoms with Crippen molar-refractivity contribution in [2.45, 2.75) is 65.1 Å². The van der Waals surface area contributed by atoms with Crippen LogP contribution in [0.15, 0.2) is 0 Å². The van der Waals surface area contributed by atoms with Gasteiger partial charge in [0.1, 0.15) is 0 Å². The number of hydrogen-bond donors (Lipinski definition) is 1. The van der Waals surface area contributed by atoms with Gasteiger partial charge in [0.05, 0.1) is 12.2 Å². The Morgan fingerprint density at radius 3 is 2.67 bits per heavy atom. The van der Waals surface area contributed by atoms with E-state index in [0.29, 0.717) is 12.2 Å². The summed E-state index contributed by atoms with van der Waals surface area (Å²) in [5, 5.41) is 3.52. The van der Waals surface area contributed by atoms with Crippen molar-refractivity contribution >= 4 is 0 Å². The molecule has 1 aliphatic heterocycles. The van der Waals surface area contributed by atoms with E-state index >= 15 is 0 Å². The molecule has 2 heteroatoms. The van der Waals surface area contributed by atoms with Crippen LogP contribution in [0.4, 0.5) is 0 Å². The molecule has 0 aromatic rings. The molecular formula is C13H27NO. The number of rotatable bonds is 7. The van der Waals surface area contributed by atoms with Crippen LogP contribution < -0.4 is 5.32 Å². The Kier molecular flexibility index (Phi) is 6.26. The lowest BCUT2D eigenvalue weighted by molar-refractivity contribution is 0.0404. The van der Waals surface area contributed by atoms with Crippen molar-refractivity contribution in [3.8, 4) is 0 Å². The second-order valence-corrected chi connectivity index (χ2v) is 4.86. The maximum absolute atomic E-state index is 5.87. The fraction of sp³-hybridized carbons (Fsp3) is 1.00. The molecule has 0 spiro atoms. The SMILES string of the molecule is CCCNCC(CC)CC1CCC(C)O1. The molecule has 0 aromatic carbocycles. The topological polar surface area (TPSA) is 21.3 Å². The Balaban J connectivity index is 2.15. The van der Waals surface area contributed by atoms with Crippen LogP contribution in [0, 0.1) is 5.92 Å². The highest BCUT2D eigenvalue weighted by atomic mass is 16.5. The van der Waals surface area contributed by atoms with Gasteiger partial charge >= 0.3 is 0 Å². The number of hydrogen-bond acceptors (Lipinski definition) is 2. The molecule has 0 bridgehead atoms. The van der Waals surface area contributed by atoms with Crippen molar-refractivity contribution in [2.24, 2.45) is 5.92 Å². The van der Waals surface area contributed by atoms with Gasteiger partial charge in [-0.15, -0.1) is 0 Å². The lowest BCUT2D eigenvalue weighted by atomic mass is 9.97. The van der Waals surface area contributed by atoms with Gasteiger partial charge in [0, 0.05) is 0 Å². The first-order chi connectivity index (χ1) is 7.26.